The maximum atomic E-state index is 13.0. The molecule has 0 amide bonds. The van der Waals surface area contributed by atoms with Crippen molar-refractivity contribution >= 4 is 5.96 Å². The van der Waals surface area contributed by atoms with Gasteiger partial charge in [-0.2, -0.15) is 0 Å². The fourth-order valence-electron chi connectivity index (χ4n) is 2.85. The van der Waals surface area contributed by atoms with E-state index in [-0.39, 0.29) is 12.4 Å². The summed E-state index contributed by atoms with van der Waals surface area (Å²) in [6.45, 7) is 6.89. The first-order valence-electron chi connectivity index (χ1n) is 9.80. The van der Waals surface area contributed by atoms with Gasteiger partial charge in [0.05, 0.1) is 12.6 Å². The number of guanidine groups is 1. The summed E-state index contributed by atoms with van der Waals surface area (Å²) in [5, 5.41) is 16.6. The molecule has 1 atom stereocenters. The van der Waals surface area contributed by atoms with Gasteiger partial charge in [0, 0.05) is 39.5 Å². The summed E-state index contributed by atoms with van der Waals surface area (Å²) in [5.74, 6) is 0.963. The van der Waals surface area contributed by atoms with E-state index in [1.54, 1.807) is 12.1 Å². The van der Waals surface area contributed by atoms with Gasteiger partial charge in [0.15, 0.2) is 5.96 Å². The number of hydrogen-bond acceptors (Lipinski definition) is 4. The molecule has 6 nitrogen and oxygen atoms in total. The number of nitrogens with one attached hydrogen (secondary N) is 2. The first-order chi connectivity index (χ1) is 13.2. The lowest BCUT2D eigenvalue weighted by molar-refractivity contribution is 0.0203. The summed E-state index contributed by atoms with van der Waals surface area (Å²) in [5.41, 5.74) is 0.650. The third-order valence-corrected chi connectivity index (χ3v) is 4.47. The Morgan fingerprint density at radius 2 is 2.04 bits per heavy atom. The van der Waals surface area contributed by atoms with Crippen LogP contribution in [0.2, 0.25) is 0 Å². The lowest BCUT2D eigenvalue weighted by Crippen LogP contribution is -2.38. The number of rotatable bonds is 10. The fourth-order valence-corrected chi connectivity index (χ4v) is 2.85. The van der Waals surface area contributed by atoms with Crippen molar-refractivity contribution < 1.29 is 19.0 Å². The maximum Gasteiger partial charge on any atom is 0.191 e. The van der Waals surface area contributed by atoms with Crippen LogP contribution in [0.4, 0.5) is 4.39 Å². The van der Waals surface area contributed by atoms with Gasteiger partial charge in [-0.15, -0.1) is 0 Å². The molecule has 1 aliphatic rings. The molecular formula is C20H32FN3O3. The van der Waals surface area contributed by atoms with E-state index >= 15 is 0 Å². The molecule has 1 aromatic rings. The van der Waals surface area contributed by atoms with Gasteiger partial charge in [-0.25, -0.2) is 4.39 Å². The van der Waals surface area contributed by atoms with E-state index < -0.39 is 6.10 Å². The minimum atomic E-state index is -0.760. The Morgan fingerprint density at radius 3 is 2.74 bits per heavy atom. The molecule has 1 aromatic carbocycles. The quantitative estimate of drug-likeness (QED) is 0.329. The molecule has 0 saturated carbocycles. The Labute approximate surface area is 161 Å². The summed E-state index contributed by atoms with van der Waals surface area (Å²) in [6, 6.07) is 5.83. The molecular weight excluding hydrogens is 349 g/mol. The molecule has 1 fully saturated rings. The molecule has 7 heteroatoms. The van der Waals surface area contributed by atoms with Gasteiger partial charge in [0.1, 0.15) is 5.82 Å². The van der Waals surface area contributed by atoms with Gasteiger partial charge in [-0.3, -0.25) is 4.99 Å². The predicted octanol–water partition coefficient (Wildman–Crippen LogP) is 2.25. The minimum Gasteiger partial charge on any atom is -0.386 e. The smallest absolute Gasteiger partial charge is 0.191 e. The molecule has 1 saturated heterocycles. The second kappa shape index (κ2) is 12.6. The molecule has 0 spiro atoms. The molecule has 152 valence electrons. The lowest BCUT2D eigenvalue weighted by atomic mass is 10.0. The van der Waals surface area contributed by atoms with Crippen molar-refractivity contribution in [3.05, 3.63) is 35.6 Å². The van der Waals surface area contributed by atoms with Crippen LogP contribution in [0, 0.1) is 11.7 Å². The summed E-state index contributed by atoms with van der Waals surface area (Å²) < 4.78 is 24.1. The number of hydrogen-bond donors (Lipinski definition) is 3. The van der Waals surface area contributed by atoms with E-state index in [0.29, 0.717) is 24.0 Å². The second-order valence-corrected chi connectivity index (χ2v) is 6.70. The second-order valence-electron chi connectivity index (χ2n) is 6.70. The Hall–Kier alpha value is -1.70. The highest BCUT2D eigenvalue weighted by Gasteiger charge is 2.13. The number of benzene rings is 1. The van der Waals surface area contributed by atoms with Gasteiger partial charge in [-0.05, 0) is 49.8 Å². The number of nitrogens with zero attached hydrogens (tertiary/aromatic N) is 1. The Bertz CT molecular complexity index is 548. The standard InChI is InChI=1S/C20H32FN3O3/c1-2-22-20(24-14-19(25)17-4-6-18(21)7-5-17)23-10-3-11-27-15-16-8-12-26-13-9-16/h4-7,16,19,25H,2-3,8-15H2,1H3,(H2,22,23,24). The molecule has 27 heavy (non-hydrogen) atoms. The van der Waals surface area contributed by atoms with Crippen molar-refractivity contribution in [2.75, 3.05) is 46.1 Å². The van der Waals surface area contributed by atoms with E-state index in [4.69, 9.17) is 9.47 Å². The van der Waals surface area contributed by atoms with Gasteiger partial charge >= 0.3 is 0 Å². The van der Waals surface area contributed by atoms with Crippen LogP contribution in [-0.2, 0) is 9.47 Å². The van der Waals surface area contributed by atoms with Gasteiger partial charge < -0.3 is 25.2 Å². The third-order valence-electron chi connectivity index (χ3n) is 4.47. The van der Waals surface area contributed by atoms with Crippen LogP contribution in [0.25, 0.3) is 0 Å². The highest BCUT2D eigenvalue weighted by Crippen LogP contribution is 2.15. The molecule has 1 heterocycles. The number of aliphatic hydroxyl groups excluding tert-OH is 1. The molecule has 0 aliphatic carbocycles. The number of aliphatic imine (C=N–C) groups is 1. The number of ether oxygens (including phenoxy) is 2. The van der Waals surface area contributed by atoms with E-state index in [1.807, 2.05) is 6.92 Å². The molecule has 1 aliphatic heterocycles. The Morgan fingerprint density at radius 1 is 1.30 bits per heavy atom. The number of aliphatic hydroxyl groups is 1. The van der Waals surface area contributed by atoms with Crippen molar-refractivity contribution in [3.8, 4) is 0 Å². The van der Waals surface area contributed by atoms with Crippen LogP contribution in [0.15, 0.2) is 29.3 Å². The molecule has 0 bridgehead atoms. The van der Waals surface area contributed by atoms with Crippen molar-refractivity contribution in [3.63, 3.8) is 0 Å². The largest absolute Gasteiger partial charge is 0.386 e. The van der Waals surface area contributed by atoms with Crippen LogP contribution >= 0.6 is 0 Å². The highest BCUT2D eigenvalue weighted by atomic mass is 19.1. The SMILES string of the molecule is CCNC(=NCC(O)c1ccc(F)cc1)NCCCOCC1CCOCC1. The lowest BCUT2D eigenvalue weighted by Gasteiger charge is -2.21. The topological polar surface area (TPSA) is 75.1 Å². The molecule has 3 N–H and O–H groups in total. The number of halogens is 1. The van der Waals surface area contributed by atoms with Crippen molar-refractivity contribution in [2.45, 2.75) is 32.3 Å². The fraction of sp³-hybridized carbons (Fsp3) is 0.650. The zero-order valence-corrected chi connectivity index (χ0v) is 16.1. The van der Waals surface area contributed by atoms with Crippen molar-refractivity contribution in [1.29, 1.82) is 0 Å². The van der Waals surface area contributed by atoms with Crippen LogP contribution in [-0.4, -0.2) is 57.1 Å². The van der Waals surface area contributed by atoms with Crippen molar-refractivity contribution in [1.82, 2.24) is 10.6 Å². The summed E-state index contributed by atoms with van der Waals surface area (Å²) in [4.78, 5) is 4.40. The first kappa shape index (κ1) is 21.6. The molecule has 0 radical (unpaired) electrons. The van der Waals surface area contributed by atoms with E-state index in [9.17, 15) is 9.50 Å². The van der Waals surface area contributed by atoms with Crippen molar-refractivity contribution in [2.24, 2.45) is 10.9 Å². The van der Waals surface area contributed by atoms with E-state index in [2.05, 4.69) is 15.6 Å². The first-order valence-corrected chi connectivity index (χ1v) is 9.80. The summed E-state index contributed by atoms with van der Waals surface area (Å²) in [7, 11) is 0. The zero-order valence-electron chi connectivity index (χ0n) is 16.1. The van der Waals surface area contributed by atoms with Crippen LogP contribution in [0.3, 0.4) is 0 Å². The predicted molar refractivity (Wildman–Crippen MR) is 104 cm³/mol. The minimum absolute atomic E-state index is 0.210. The van der Waals surface area contributed by atoms with Crippen LogP contribution in [0.5, 0.6) is 0 Å². The zero-order chi connectivity index (χ0) is 19.3. The maximum absolute atomic E-state index is 13.0. The molecule has 0 aromatic heterocycles. The average Bonchev–Trinajstić information content (AvgIpc) is 2.69. The summed E-state index contributed by atoms with van der Waals surface area (Å²) in [6.07, 6.45) is 2.30. The van der Waals surface area contributed by atoms with Gasteiger partial charge in [-0.1, -0.05) is 12.1 Å². The monoisotopic (exact) mass is 381 g/mol. The Kier molecular flexibility index (Phi) is 10.1. The van der Waals surface area contributed by atoms with Crippen LogP contribution in [0.1, 0.15) is 37.9 Å². The molecule has 2 rings (SSSR count). The molecule has 1 unspecified atom stereocenters. The van der Waals surface area contributed by atoms with Crippen LogP contribution < -0.4 is 10.6 Å². The normalized spacial score (nSPS) is 16.9. The third kappa shape index (κ3) is 8.69. The van der Waals surface area contributed by atoms with Gasteiger partial charge in [0.2, 0.25) is 0 Å². The highest BCUT2D eigenvalue weighted by molar-refractivity contribution is 5.79. The van der Waals surface area contributed by atoms with E-state index in [1.165, 1.54) is 12.1 Å². The Balaban J connectivity index is 1.64. The summed E-state index contributed by atoms with van der Waals surface area (Å²) >= 11 is 0. The van der Waals surface area contributed by atoms with E-state index in [0.717, 1.165) is 52.2 Å². The average molecular weight is 381 g/mol. The van der Waals surface area contributed by atoms with Gasteiger partial charge in [0.25, 0.3) is 0 Å².